The summed E-state index contributed by atoms with van der Waals surface area (Å²) >= 11 is 0. The van der Waals surface area contributed by atoms with Gasteiger partial charge in [-0.1, -0.05) is 12.1 Å². The van der Waals surface area contributed by atoms with Crippen LogP contribution in [-0.2, 0) is 0 Å². The maximum Gasteiger partial charge on any atom is 0.573 e. The third-order valence-electron chi connectivity index (χ3n) is 2.70. The number of carbonyl (C=O) groups is 1. The van der Waals surface area contributed by atoms with Crippen LogP contribution in [0, 0.1) is 6.92 Å². The van der Waals surface area contributed by atoms with Gasteiger partial charge in [-0.05, 0) is 36.2 Å². The number of carboxylic acids is 1. The Morgan fingerprint density at radius 2 is 1.81 bits per heavy atom. The maximum atomic E-state index is 12.1. The molecule has 1 aromatic heterocycles. The first-order valence-electron chi connectivity index (χ1n) is 5.82. The van der Waals surface area contributed by atoms with E-state index in [0.717, 1.165) is 0 Å². The summed E-state index contributed by atoms with van der Waals surface area (Å²) in [6.45, 7) is 1.60. The molecule has 0 unspecified atom stereocenters. The van der Waals surface area contributed by atoms with Crippen LogP contribution >= 0.6 is 0 Å². The number of carboxylic acid groups (broad SMARTS) is 1. The van der Waals surface area contributed by atoms with Crippen LogP contribution in [0.15, 0.2) is 36.5 Å². The molecule has 0 saturated heterocycles. The molecule has 110 valence electrons. The smallest absolute Gasteiger partial charge is 0.477 e. The Hall–Kier alpha value is -2.57. The number of ether oxygens (including phenoxy) is 1. The Bertz CT molecular complexity index is 666. The first kappa shape index (κ1) is 14.8. The van der Waals surface area contributed by atoms with Gasteiger partial charge in [0.1, 0.15) is 5.75 Å². The van der Waals surface area contributed by atoms with Crippen LogP contribution in [0.1, 0.15) is 16.1 Å². The number of halogens is 3. The van der Waals surface area contributed by atoms with Crippen LogP contribution in [0.3, 0.4) is 0 Å². The number of aryl methyl sites for hydroxylation is 1. The molecule has 0 fully saturated rings. The molecule has 0 radical (unpaired) electrons. The fourth-order valence-electron chi connectivity index (χ4n) is 1.81. The SMILES string of the molecule is Cc1cc(-c2ccc(OC(F)(F)F)cc2)cnc1C(=O)O. The zero-order valence-electron chi connectivity index (χ0n) is 10.8. The van der Waals surface area contributed by atoms with E-state index in [-0.39, 0.29) is 11.4 Å². The van der Waals surface area contributed by atoms with Crippen molar-refractivity contribution in [3.8, 4) is 16.9 Å². The van der Waals surface area contributed by atoms with E-state index in [9.17, 15) is 18.0 Å². The fraction of sp³-hybridized carbons (Fsp3) is 0.143. The molecule has 0 aliphatic carbocycles. The van der Waals surface area contributed by atoms with Crippen molar-refractivity contribution in [1.82, 2.24) is 4.98 Å². The highest BCUT2D eigenvalue weighted by molar-refractivity contribution is 5.87. The van der Waals surface area contributed by atoms with Gasteiger partial charge < -0.3 is 9.84 Å². The molecule has 4 nitrogen and oxygen atoms in total. The molecule has 0 aliphatic rings. The van der Waals surface area contributed by atoms with Crippen molar-refractivity contribution in [2.75, 3.05) is 0 Å². The van der Waals surface area contributed by atoms with Gasteiger partial charge in [0, 0.05) is 11.8 Å². The second-order valence-corrected chi connectivity index (χ2v) is 4.27. The summed E-state index contributed by atoms with van der Waals surface area (Å²) in [7, 11) is 0. The molecule has 0 aliphatic heterocycles. The molecule has 2 aromatic rings. The van der Waals surface area contributed by atoms with Gasteiger partial charge in [0.2, 0.25) is 0 Å². The molecule has 0 saturated carbocycles. The maximum absolute atomic E-state index is 12.1. The van der Waals surface area contributed by atoms with Gasteiger partial charge in [-0.15, -0.1) is 13.2 Å². The minimum absolute atomic E-state index is 0.0595. The van der Waals surface area contributed by atoms with Crippen LogP contribution in [0.25, 0.3) is 11.1 Å². The number of rotatable bonds is 3. The average Bonchev–Trinajstić information content (AvgIpc) is 2.37. The topological polar surface area (TPSA) is 59.4 Å². The third-order valence-corrected chi connectivity index (χ3v) is 2.70. The summed E-state index contributed by atoms with van der Waals surface area (Å²) in [5.74, 6) is -1.45. The molecule has 0 spiro atoms. The number of alkyl halides is 3. The van der Waals surface area contributed by atoms with Crippen molar-refractivity contribution in [1.29, 1.82) is 0 Å². The van der Waals surface area contributed by atoms with Crippen LogP contribution in [0.5, 0.6) is 5.75 Å². The predicted molar refractivity (Wildman–Crippen MR) is 68.1 cm³/mol. The molecule has 0 atom stereocenters. The molecule has 21 heavy (non-hydrogen) atoms. The van der Waals surface area contributed by atoms with Gasteiger partial charge in [0.15, 0.2) is 5.69 Å². The summed E-state index contributed by atoms with van der Waals surface area (Å²) in [6, 6.07) is 6.86. The minimum atomic E-state index is -4.73. The van der Waals surface area contributed by atoms with E-state index in [1.807, 2.05) is 0 Å². The monoisotopic (exact) mass is 297 g/mol. The Labute approximate surface area is 117 Å². The number of aromatic nitrogens is 1. The Balaban J connectivity index is 2.27. The van der Waals surface area contributed by atoms with Crippen LogP contribution in [0.4, 0.5) is 13.2 Å². The van der Waals surface area contributed by atoms with E-state index in [2.05, 4.69) is 9.72 Å². The molecule has 1 heterocycles. The average molecular weight is 297 g/mol. The molecule has 0 amide bonds. The third kappa shape index (κ3) is 3.71. The number of hydrogen-bond donors (Lipinski definition) is 1. The zero-order chi connectivity index (χ0) is 15.6. The second-order valence-electron chi connectivity index (χ2n) is 4.27. The van der Waals surface area contributed by atoms with Crippen molar-refractivity contribution < 1.29 is 27.8 Å². The first-order valence-corrected chi connectivity index (χ1v) is 5.82. The van der Waals surface area contributed by atoms with E-state index in [1.54, 1.807) is 13.0 Å². The van der Waals surface area contributed by atoms with Gasteiger partial charge in [-0.25, -0.2) is 9.78 Å². The number of aromatic carboxylic acids is 1. The van der Waals surface area contributed by atoms with Crippen LogP contribution < -0.4 is 4.74 Å². The van der Waals surface area contributed by atoms with Gasteiger partial charge in [-0.3, -0.25) is 0 Å². The van der Waals surface area contributed by atoms with Crippen molar-refractivity contribution in [2.24, 2.45) is 0 Å². The number of pyridine rings is 1. The summed E-state index contributed by atoms with van der Waals surface area (Å²) in [4.78, 5) is 14.7. The Kier molecular flexibility index (Phi) is 3.84. The summed E-state index contributed by atoms with van der Waals surface area (Å²) in [5, 5.41) is 8.89. The second kappa shape index (κ2) is 5.43. The molecular formula is C14H10F3NO3. The van der Waals surface area contributed by atoms with Crippen molar-refractivity contribution in [3.63, 3.8) is 0 Å². The number of hydrogen-bond acceptors (Lipinski definition) is 3. The molecule has 7 heteroatoms. The predicted octanol–water partition coefficient (Wildman–Crippen LogP) is 3.65. The van der Waals surface area contributed by atoms with Crippen molar-refractivity contribution in [2.45, 2.75) is 13.3 Å². The zero-order valence-corrected chi connectivity index (χ0v) is 10.8. The van der Waals surface area contributed by atoms with Crippen LogP contribution in [-0.4, -0.2) is 22.4 Å². The van der Waals surface area contributed by atoms with Gasteiger partial charge in [0.05, 0.1) is 0 Å². The minimum Gasteiger partial charge on any atom is -0.477 e. The van der Waals surface area contributed by atoms with E-state index in [0.29, 0.717) is 16.7 Å². The van der Waals surface area contributed by atoms with E-state index in [4.69, 9.17) is 5.11 Å². The molecular weight excluding hydrogens is 287 g/mol. The lowest BCUT2D eigenvalue weighted by Crippen LogP contribution is -2.16. The van der Waals surface area contributed by atoms with E-state index in [1.165, 1.54) is 30.5 Å². The van der Waals surface area contributed by atoms with Gasteiger partial charge in [-0.2, -0.15) is 0 Å². The normalized spacial score (nSPS) is 11.2. The highest BCUT2D eigenvalue weighted by atomic mass is 19.4. The number of nitrogens with zero attached hydrogens (tertiary/aromatic N) is 1. The van der Waals surface area contributed by atoms with Gasteiger partial charge >= 0.3 is 12.3 Å². The Morgan fingerprint density at radius 1 is 1.19 bits per heavy atom. The summed E-state index contributed by atoms with van der Waals surface area (Å²) in [5.41, 5.74) is 1.62. The first-order chi connectivity index (χ1) is 9.76. The molecule has 2 rings (SSSR count). The van der Waals surface area contributed by atoms with E-state index < -0.39 is 12.3 Å². The molecule has 1 aromatic carbocycles. The highest BCUT2D eigenvalue weighted by Gasteiger charge is 2.30. The summed E-state index contributed by atoms with van der Waals surface area (Å²) < 4.78 is 39.9. The highest BCUT2D eigenvalue weighted by Crippen LogP contribution is 2.26. The largest absolute Gasteiger partial charge is 0.573 e. The lowest BCUT2D eigenvalue weighted by Gasteiger charge is -2.09. The quantitative estimate of drug-likeness (QED) is 0.939. The standard InChI is InChI=1S/C14H10F3NO3/c1-8-6-10(7-18-12(8)13(19)20)9-2-4-11(5-3-9)21-14(15,16)17/h2-7H,1H3,(H,19,20). The Morgan fingerprint density at radius 3 is 2.29 bits per heavy atom. The molecule has 1 N–H and O–H groups in total. The fourth-order valence-corrected chi connectivity index (χ4v) is 1.81. The van der Waals surface area contributed by atoms with Crippen LogP contribution in [0.2, 0.25) is 0 Å². The summed E-state index contributed by atoms with van der Waals surface area (Å²) in [6.07, 6.45) is -3.38. The molecule has 0 bridgehead atoms. The van der Waals surface area contributed by atoms with E-state index >= 15 is 0 Å². The number of benzene rings is 1. The van der Waals surface area contributed by atoms with Crippen molar-refractivity contribution >= 4 is 5.97 Å². The van der Waals surface area contributed by atoms with Crippen molar-refractivity contribution in [3.05, 3.63) is 47.8 Å². The van der Waals surface area contributed by atoms with Gasteiger partial charge in [0.25, 0.3) is 0 Å². The lowest BCUT2D eigenvalue weighted by molar-refractivity contribution is -0.274. The lowest BCUT2D eigenvalue weighted by atomic mass is 10.0.